The first-order valence-electron chi connectivity index (χ1n) is 8.61. The molecule has 1 aromatic carbocycles. The van der Waals surface area contributed by atoms with E-state index in [-0.39, 0.29) is 11.9 Å². The van der Waals surface area contributed by atoms with E-state index in [1.165, 1.54) is 0 Å². The number of fused-ring (bicyclic) bond motifs is 2. The first kappa shape index (κ1) is 15.6. The molecule has 3 heterocycles. The van der Waals surface area contributed by atoms with Crippen molar-refractivity contribution in [3.63, 3.8) is 0 Å². The lowest BCUT2D eigenvalue weighted by atomic mass is 10.0. The maximum atomic E-state index is 12.7. The van der Waals surface area contributed by atoms with Gasteiger partial charge in [-0.15, -0.1) is 0 Å². The SMILES string of the molecule is CC[C@@H](NC(=O)c1ccc2c(c1)CCCO2)c1cn2cccnc2n1. The van der Waals surface area contributed by atoms with Crippen molar-refractivity contribution in [1.82, 2.24) is 19.7 Å². The molecule has 0 radical (unpaired) electrons. The summed E-state index contributed by atoms with van der Waals surface area (Å²) >= 11 is 0. The lowest BCUT2D eigenvalue weighted by Gasteiger charge is -2.19. The van der Waals surface area contributed by atoms with Gasteiger partial charge >= 0.3 is 0 Å². The fourth-order valence-corrected chi connectivity index (χ4v) is 3.14. The number of amides is 1. The zero-order chi connectivity index (χ0) is 17.2. The van der Waals surface area contributed by atoms with Crippen LogP contribution in [-0.4, -0.2) is 26.9 Å². The molecule has 1 aliphatic rings. The predicted molar refractivity (Wildman–Crippen MR) is 93.7 cm³/mol. The summed E-state index contributed by atoms with van der Waals surface area (Å²) in [5, 5.41) is 3.08. The zero-order valence-electron chi connectivity index (χ0n) is 14.1. The summed E-state index contributed by atoms with van der Waals surface area (Å²) < 4.78 is 7.47. The van der Waals surface area contributed by atoms with Crippen molar-refractivity contribution in [2.75, 3.05) is 6.61 Å². The van der Waals surface area contributed by atoms with E-state index in [0.29, 0.717) is 11.3 Å². The summed E-state index contributed by atoms with van der Waals surface area (Å²) in [6.45, 7) is 2.78. The zero-order valence-corrected chi connectivity index (χ0v) is 14.1. The Balaban J connectivity index is 1.55. The topological polar surface area (TPSA) is 68.5 Å². The Labute approximate surface area is 145 Å². The van der Waals surface area contributed by atoms with Crippen molar-refractivity contribution in [3.05, 3.63) is 59.7 Å². The average Bonchev–Trinajstić information content (AvgIpc) is 3.09. The van der Waals surface area contributed by atoms with Crippen LogP contribution in [0.25, 0.3) is 5.78 Å². The Morgan fingerprint density at radius 2 is 2.36 bits per heavy atom. The molecule has 1 aliphatic heterocycles. The third kappa shape index (κ3) is 3.07. The normalized spacial score (nSPS) is 14.6. The minimum Gasteiger partial charge on any atom is -0.493 e. The summed E-state index contributed by atoms with van der Waals surface area (Å²) in [4.78, 5) is 21.4. The maximum absolute atomic E-state index is 12.7. The second kappa shape index (κ2) is 6.55. The van der Waals surface area contributed by atoms with Gasteiger partial charge in [0.05, 0.1) is 18.3 Å². The van der Waals surface area contributed by atoms with E-state index in [1.807, 2.05) is 48.0 Å². The molecule has 2 aromatic heterocycles. The minimum absolute atomic E-state index is 0.0924. The predicted octanol–water partition coefficient (Wildman–Crippen LogP) is 2.94. The van der Waals surface area contributed by atoms with Crippen molar-refractivity contribution in [2.45, 2.75) is 32.2 Å². The number of benzene rings is 1. The second-order valence-corrected chi connectivity index (χ2v) is 6.20. The summed E-state index contributed by atoms with van der Waals surface area (Å²) in [6.07, 6.45) is 8.22. The molecule has 0 saturated carbocycles. The van der Waals surface area contributed by atoms with Crippen LogP contribution < -0.4 is 10.1 Å². The number of hydrogen-bond donors (Lipinski definition) is 1. The van der Waals surface area contributed by atoms with Gasteiger partial charge in [0.25, 0.3) is 5.91 Å². The monoisotopic (exact) mass is 336 g/mol. The molecule has 6 heteroatoms. The third-order valence-electron chi connectivity index (χ3n) is 4.50. The molecule has 0 spiro atoms. The third-order valence-corrected chi connectivity index (χ3v) is 4.50. The summed E-state index contributed by atoms with van der Waals surface area (Å²) in [5.74, 6) is 1.43. The Morgan fingerprint density at radius 1 is 1.44 bits per heavy atom. The standard InChI is InChI=1S/C19H20N4O2/c1-2-15(16-12-23-9-4-8-20-19(23)22-16)21-18(24)14-6-7-17-13(11-14)5-3-10-25-17/h4,6-9,11-12,15H,2-3,5,10H2,1H3,(H,21,24)/t15-/m1/s1. The number of aryl methyl sites for hydroxylation is 1. The highest BCUT2D eigenvalue weighted by atomic mass is 16.5. The van der Waals surface area contributed by atoms with Crippen LogP contribution in [0.4, 0.5) is 0 Å². The lowest BCUT2D eigenvalue weighted by Crippen LogP contribution is -2.28. The van der Waals surface area contributed by atoms with E-state index < -0.39 is 0 Å². The fourth-order valence-electron chi connectivity index (χ4n) is 3.14. The molecule has 128 valence electrons. The van der Waals surface area contributed by atoms with E-state index in [2.05, 4.69) is 15.3 Å². The molecule has 0 unspecified atom stereocenters. The maximum Gasteiger partial charge on any atom is 0.251 e. The number of aromatic nitrogens is 3. The van der Waals surface area contributed by atoms with Crippen molar-refractivity contribution in [1.29, 1.82) is 0 Å². The van der Waals surface area contributed by atoms with Gasteiger partial charge in [-0.3, -0.25) is 9.20 Å². The summed E-state index contributed by atoms with van der Waals surface area (Å²) in [5.41, 5.74) is 2.57. The van der Waals surface area contributed by atoms with Crippen LogP contribution in [0.15, 0.2) is 42.9 Å². The van der Waals surface area contributed by atoms with Crippen LogP contribution in [0, 0.1) is 0 Å². The molecule has 0 bridgehead atoms. The number of hydrogen-bond acceptors (Lipinski definition) is 4. The quantitative estimate of drug-likeness (QED) is 0.795. The number of imidazole rings is 1. The van der Waals surface area contributed by atoms with E-state index in [4.69, 9.17) is 4.74 Å². The molecular weight excluding hydrogens is 316 g/mol. The molecule has 25 heavy (non-hydrogen) atoms. The van der Waals surface area contributed by atoms with E-state index in [0.717, 1.165) is 42.9 Å². The molecule has 4 rings (SSSR count). The van der Waals surface area contributed by atoms with Crippen LogP contribution >= 0.6 is 0 Å². The first-order valence-corrected chi connectivity index (χ1v) is 8.61. The van der Waals surface area contributed by atoms with Gasteiger partial charge in [-0.25, -0.2) is 9.97 Å². The van der Waals surface area contributed by atoms with Crippen LogP contribution in [-0.2, 0) is 6.42 Å². The largest absolute Gasteiger partial charge is 0.493 e. The fraction of sp³-hybridized carbons (Fsp3) is 0.316. The highest BCUT2D eigenvalue weighted by Gasteiger charge is 2.19. The van der Waals surface area contributed by atoms with Gasteiger partial charge < -0.3 is 10.1 Å². The highest BCUT2D eigenvalue weighted by molar-refractivity contribution is 5.94. The summed E-state index contributed by atoms with van der Waals surface area (Å²) in [7, 11) is 0. The smallest absolute Gasteiger partial charge is 0.251 e. The van der Waals surface area contributed by atoms with Crippen LogP contribution in [0.5, 0.6) is 5.75 Å². The second-order valence-electron chi connectivity index (χ2n) is 6.20. The Bertz CT molecular complexity index is 886. The number of carbonyl (C=O) groups is 1. The van der Waals surface area contributed by atoms with E-state index in [9.17, 15) is 4.79 Å². The molecule has 0 saturated heterocycles. The van der Waals surface area contributed by atoms with E-state index in [1.54, 1.807) is 6.20 Å². The van der Waals surface area contributed by atoms with Gasteiger partial charge in [0.15, 0.2) is 0 Å². The number of rotatable bonds is 4. The van der Waals surface area contributed by atoms with E-state index >= 15 is 0 Å². The molecule has 6 nitrogen and oxygen atoms in total. The van der Waals surface area contributed by atoms with Crippen molar-refractivity contribution >= 4 is 11.7 Å². The molecule has 0 fully saturated rings. The van der Waals surface area contributed by atoms with Gasteiger partial charge in [-0.1, -0.05) is 6.92 Å². The van der Waals surface area contributed by atoms with Gasteiger partial charge in [-0.2, -0.15) is 0 Å². The van der Waals surface area contributed by atoms with Gasteiger partial charge in [-0.05, 0) is 49.1 Å². The van der Waals surface area contributed by atoms with Crippen molar-refractivity contribution < 1.29 is 9.53 Å². The lowest BCUT2D eigenvalue weighted by molar-refractivity contribution is 0.0934. The molecule has 1 N–H and O–H groups in total. The molecular formula is C19H20N4O2. The van der Waals surface area contributed by atoms with Crippen LogP contribution in [0.3, 0.4) is 0 Å². The average molecular weight is 336 g/mol. The van der Waals surface area contributed by atoms with Crippen molar-refractivity contribution in [2.24, 2.45) is 0 Å². The Morgan fingerprint density at radius 3 is 3.20 bits per heavy atom. The van der Waals surface area contributed by atoms with Crippen molar-refractivity contribution in [3.8, 4) is 5.75 Å². The number of nitrogens with one attached hydrogen (secondary N) is 1. The Kier molecular flexibility index (Phi) is 4.09. The molecule has 1 amide bonds. The molecule has 0 aliphatic carbocycles. The Hall–Kier alpha value is -2.89. The molecule has 3 aromatic rings. The first-order chi connectivity index (χ1) is 12.2. The van der Waals surface area contributed by atoms with Gasteiger partial charge in [0, 0.05) is 24.2 Å². The number of ether oxygens (including phenoxy) is 1. The number of nitrogens with zero attached hydrogens (tertiary/aromatic N) is 3. The highest BCUT2D eigenvalue weighted by Crippen LogP contribution is 2.26. The van der Waals surface area contributed by atoms with Gasteiger partial charge in [0.1, 0.15) is 5.75 Å². The minimum atomic E-state index is -0.151. The van der Waals surface area contributed by atoms with Crippen LogP contribution in [0.2, 0.25) is 0 Å². The van der Waals surface area contributed by atoms with Gasteiger partial charge in [0.2, 0.25) is 5.78 Å². The number of carbonyl (C=O) groups excluding carboxylic acids is 1. The molecule has 1 atom stereocenters. The van der Waals surface area contributed by atoms with Crippen LogP contribution in [0.1, 0.15) is 47.4 Å². The summed E-state index contributed by atoms with van der Waals surface area (Å²) in [6, 6.07) is 7.34.